The van der Waals surface area contributed by atoms with Gasteiger partial charge in [-0.25, -0.2) is 0 Å². The molecule has 1 aromatic rings. The molecule has 0 spiro atoms. The summed E-state index contributed by atoms with van der Waals surface area (Å²) < 4.78 is 12.7. The predicted octanol–water partition coefficient (Wildman–Crippen LogP) is 3.95. The number of rotatable bonds is 5. The van der Waals surface area contributed by atoms with Gasteiger partial charge in [-0.1, -0.05) is 37.0 Å². The van der Waals surface area contributed by atoms with Crippen molar-refractivity contribution in [2.45, 2.75) is 64.2 Å². The minimum Gasteiger partial charge on any atom is -0.312 e. The van der Waals surface area contributed by atoms with Gasteiger partial charge in [-0.15, -0.1) is 0 Å². The van der Waals surface area contributed by atoms with E-state index in [0.717, 1.165) is 18.6 Å². The summed E-state index contributed by atoms with van der Waals surface area (Å²) in [5, 5.41) is 3.81. The first kappa shape index (κ1) is 16.7. The van der Waals surface area contributed by atoms with E-state index in [1.54, 1.807) is 0 Å². The van der Waals surface area contributed by atoms with Gasteiger partial charge in [0.25, 0.3) is 0 Å². The molecule has 2 unspecified atom stereocenters. The number of aryl methyl sites for hydroxylation is 3. The molecule has 0 bridgehead atoms. The molecule has 1 fully saturated rings. The largest absolute Gasteiger partial charge is 0.312 e. The van der Waals surface area contributed by atoms with E-state index < -0.39 is 10.8 Å². The van der Waals surface area contributed by atoms with Crippen LogP contribution in [0.4, 0.5) is 0 Å². The van der Waals surface area contributed by atoms with Crippen LogP contribution in [0, 0.1) is 20.8 Å². The highest BCUT2D eigenvalue weighted by Crippen LogP contribution is 2.27. The molecule has 21 heavy (non-hydrogen) atoms. The molecule has 1 aromatic carbocycles. The fourth-order valence-electron chi connectivity index (χ4n) is 3.68. The lowest BCUT2D eigenvalue weighted by Crippen LogP contribution is -2.29. The minimum absolute atomic E-state index is 0.202. The van der Waals surface area contributed by atoms with Gasteiger partial charge in [0.05, 0.1) is 0 Å². The van der Waals surface area contributed by atoms with Gasteiger partial charge in [0.2, 0.25) is 0 Å². The zero-order chi connectivity index (χ0) is 15.4. The number of hydrogen-bond acceptors (Lipinski definition) is 2. The molecule has 3 heteroatoms. The number of nitrogens with one attached hydrogen (secondary N) is 1. The minimum atomic E-state index is -0.721. The Morgan fingerprint density at radius 3 is 2.24 bits per heavy atom. The van der Waals surface area contributed by atoms with Crippen LogP contribution < -0.4 is 5.32 Å². The Bertz CT molecular complexity index is 483. The van der Waals surface area contributed by atoms with E-state index in [0.29, 0.717) is 5.25 Å². The molecule has 0 amide bonds. The Balaban J connectivity index is 2.14. The molecule has 0 aliphatic heterocycles. The van der Waals surface area contributed by atoms with Crippen molar-refractivity contribution in [2.24, 2.45) is 0 Å². The third-order valence-electron chi connectivity index (χ3n) is 4.69. The lowest BCUT2D eigenvalue weighted by molar-refractivity contribution is 0.502. The molecule has 1 N–H and O–H groups in total. The van der Waals surface area contributed by atoms with E-state index in [1.165, 1.54) is 41.5 Å². The number of benzene rings is 1. The maximum Gasteiger partial charge on any atom is 0.0439 e. The van der Waals surface area contributed by atoms with E-state index in [2.05, 4.69) is 38.2 Å². The Hall–Kier alpha value is -0.670. The van der Waals surface area contributed by atoms with Crippen molar-refractivity contribution in [1.82, 2.24) is 5.32 Å². The maximum atomic E-state index is 12.7. The van der Waals surface area contributed by atoms with Crippen molar-refractivity contribution < 1.29 is 4.21 Å². The molecule has 0 aromatic heterocycles. The third kappa shape index (κ3) is 4.17. The quantitative estimate of drug-likeness (QED) is 0.892. The predicted molar refractivity (Wildman–Crippen MR) is 92.3 cm³/mol. The monoisotopic (exact) mass is 307 g/mol. The second-order valence-electron chi connectivity index (χ2n) is 6.46. The second kappa shape index (κ2) is 7.55. The van der Waals surface area contributed by atoms with Crippen molar-refractivity contribution >= 4 is 10.8 Å². The zero-order valence-corrected chi connectivity index (χ0v) is 14.7. The smallest absolute Gasteiger partial charge is 0.0439 e. The molecule has 2 rings (SSSR count). The normalized spacial score (nSPS) is 19.4. The molecule has 1 saturated carbocycles. The SMILES string of the molecule is CNC(CS(=O)C1CCCCC1)c1c(C)cc(C)cc1C. The van der Waals surface area contributed by atoms with Gasteiger partial charge >= 0.3 is 0 Å². The fourth-order valence-corrected chi connectivity index (χ4v) is 5.47. The van der Waals surface area contributed by atoms with Gasteiger partial charge in [-0.3, -0.25) is 4.21 Å². The summed E-state index contributed by atoms with van der Waals surface area (Å²) in [6.45, 7) is 6.48. The van der Waals surface area contributed by atoms with Gasteiger partial charge in [-0.05, 0) is 57.4 Å². The van der Waals surface area contributed by atoms with Crippen LogP contribution in [-0.2, 0) is 10.8 Å². The summed E-state index contributed by atoms with van der Waals surface area (Å²) in [7, 11) is 1.27. The summed E-state index contributed by atoms with van der Waals surface area (Å²) >= 11 is 0. The molecule has 118 valence electrons. The van der Waals surface area contributed by atoms with Crippen LogP contribution in [0.3, 0.4) is 0 Å². The van der Waals surface area contributed by atoms with Crippen molar-refractivity contribution in [2.75, 3.05) is 12.8 Å². The van der Waals surface area contributed by atoms with E-state index in [-0.39, 0.29) is 6.04 Å². The Labute approximate surface area is 132 Å². The van der Waals surface area contributed by atoms with Crippen molar-refractivity contribution in [3.63, 3.8) is 0 Å². The third-order valence-corrected chi connectivity index (χ3v) is 6.57. The van der Waals surface area contributed by atoms with Crippen LogP contribution >= 0.6 is 0 Å². The molecular weight excluding hydrogens is 278 g/mol. The Morgan fingerprint density at radius 2 is 1.71 bits per heavy atom. The van der Waals surface area contributed by atoms with E-state index in [1.807, 2.05) is 7.05 Å². The standard InChI is InChI=1S/C18H29NOS/c1-13-10-14(2)18(15(3)11-13)17(19-4)12-21(20)16-8-6-5-7-9-16/h10-11,16-17,19H,5-9,12H2,1-4H3. The van der Waals surface area contributed by atoms with Gasteiger partial charge < -0.3 is 5.32 Å². The van der Waals surface area contributed by atoms with Gasteiger partial charge in [0, 0.05) is 27.8 Å². The molecule has 0 radical (unpaired) electrons. The molecular formula is C18H29NOS. The molecule has 2 atom stereocenters. The molecule has 0 saturated heterocycles. The topological polar surface area (TPSA) is 29.1 Å². The van der Waals surface area contributed by atoms with Crippen LogP contribution in [0.1, 0.15) is 60.4 Å². The van der Waals surface area contributed by atoms with Crippen LogP contribution in [0.15, 0.2) is 12.1 Å². The van der Waals surface area contributed by atoms with Crippen LogP contribution in [-0.4, -0.2) is 22.3 Å². The highest BCUT2D eigenvalue weighted by atomic mass is 32.2. The summed E-state index contributed by atoms with van der Waals surface area (Å²) in [5.41, 5.74) is 5.27. The van der Waals surface area contributed by atoms with Gasteiger partial charge in [0.1, 0.15) is 0 Å². The summed E-state index contributed by atoms with van der Waals surface area (Å²) in [6, 6.07) is 4.67. The van der Waals surface area contributed by atoms with Gasteiger partial charge in [0.15, 0.2) is 0 Å². The summed E-state index contributed by atoms with van der Waals surface area (Å²) in [5.74, 6) is 0.742. The molecule has 1 aliphatic carbocycles. The second-order valence-corrected chi connectivity index (χ2v) is 8.22. The van der Waals surface area contributed by atoms with Crippen LogP contribution in [0.5, 0.6) is 0 Å². The number of hydrogen-bond donors (Lipinski definition) is 1. The highest BCUT2D eigenvalue weighted by molar-refractivity contribution is 7.85. The van der Waals surface area contributed by atoms with Crippen molar-refractivity contribution in [3.8, 4) is 0 Å². The van der Waals surface area contributed by atoms with Crippen molar-refractivity contribution in [3.05, 3.63) is 34.4 Å². The average molecular weight is 308 g/mol. The highest BCUT2D eigenvalue weighted by Gasteiger charge is 2.24. The van der Waals surface area contributed by atoms with E-state index in [4.69, 9.17) is 0 Å². The maximum absolute atomic E-state index is 12.7. The van der Waals surface area contributed by atoms with Crippen LogP contribution in [0.25, 0.3) is 0 Å². The summed E-state index contributed by atoms with van der Waals surface area (Å²) in [4.78, 5) is 0. The Morgan fingerprint density at radius 1 is 1.14 bits per heavy atom. The Kier molecular flexibility index (Phi) is 6.00. The average Bonchev–Trinajstić information content (AvgIpc) is 2.45. The lowest BCUT2D eigenvalue weighted by Gasteiger charge is -2.26. The molecule has 0 heterocycles. The molecule has 1 aliphatic rings. The summed E-state index contributed by atoms with van der Waals surface area (Å²) in [6.07, 6.45) is 6.12. The van der Waals surface area contributed by atoms with Crippen molar-refractivity contribution in [1.29, 1.82) is 0 Å². The fraction of sp³-hybridized carbons (Fsp3) is 0.667. The van der Waals surface area contributed by atoms with E-state index in [9.17, 15) is 4.21 Å². The first-order chi connectivity index (χ1) is 10.0. The van der Waals surface area contributed by atoms with Crippen LogP contribution in [0.2, 0.25) is 0 Å². The van der Waals surface area contributed by atoms with E-state index >= 15 is 0 Å². The zero-order valence-electron chi connectivity index (χ0n) is 13.9. The molecule has 2 nitrogen and oxygen atoms in total. The first-order valence-electron chi connectivity index (χ1n) is 8.15. The first-order valence-corrected chi connectivity index (χ1v) is 9.53. The van der Waals surface area contributed by atoms with Gasteiger partial charge in [-0.2, -0.15) is 0 Å². The lowest BCUT2D eigenvalue weighted by atomic mass is 9.95.